The second-order valence-electron chi connectivity index (χ2n) is 7.47. The van der Waals surface area contributed by atoms with Crippen LogP contribution >= 0.6 is 0 Å². The highest BCUT2D eigenvalue weighted by molar-refractivity contribution is 5.92. The van der Waals surface area contributed by atoms with Gasteiger partial charge in [-0.15, -0.1) is 0 Å². The van der Waals surface area contributed by atoms with Crippen LogP contribution in [0.2, 0.25) is 0 Å². The highest BCUT2D eigenvalue weighted by Gasteiger charge is 2.12. The van der Waals surface area contributed by atoms with E-state index in [9.17, 15) is 4.79 Å². The Hall–Kier alpha value is -2.53. The minimum absolute atomic E-state index is 0.0699. The normalized spacial score (nSPS) is 11.8. The van der Waals surface area contributed by atoms with E-state index in [1.54, 1.807) is 14.2 Å². The third-order valence-corrected chi connectivity index (χ3v) is 5.01. The summed E-state index contributed by atoms with van der Waals surface area (Å²) in [5.41, 5.74) is 5.58. The molecule has 0 heterocycles. The maximum absolute atomic E-state index is 12.4. The summed E-state index contributed by atoms with van der Waals surface area (Å²) < 4.78 is 10.6. The van der Waals surface area contributed by atoms with Gasteiger partial charge in [0.2, 0.25) is 5.91 Å². The van der Waals surface area contributed by atoms with Crippen molar-refractivity contribution in [3.8, 4) is 11.5 Å². The predicted octanol–water partition coefficient (Wildman–Crippen LogP) is 2.72. The molecule has 152 valence electrons. The van der Waals surface area contributed by atoms with Crippen molar-refractivity contribution in [1.29, 1.82) is 0 Å². The molecule has 0 bridgehead atoms. The Bertz CT molecular complexity index is 794. The first kappa shape index (κ1) is 21.8. The monoisotopic (exact) mass is 385 g/mol. The van der Waals surface area contributed by atoms with Gasteiger partial charge in [0.05, 0.1) is 40.8 Å². The predicted molar refractivity (Wildman–Crippen MR) is 114 cm³/mol. The molecule has 0 fully saturated rings. The summed E-state index contributed by atoms with van der Waals surface area (Å²) in [7, 11) is 5.41. The lowest BCUT2D eigenvalue weighted by Gasteiger charge is -2.16. The Labute approximate surface area is 168 Å². The zero-order valence-electron chi connectivity index (χ0n) is 17.9. The summed E-state index contributed by atoms with van der Waals surface area (Å²) in [6, 6.07) is 10.2. The van der Waals surface area contributed by atoms with Gasteiger partial charge in [-0.3, -0.25) is 4.79 Å². The average molecular weight is 386 g/mol. The molecule has 1 amide bonds. The van der Waals surface area contributed by atoms with Crippen molar-refractivity contribution in [1.82, 2.24) is 0 Å². The number of hydrogen-bond donors (Lipinski definition) is 2. The van der Waals surface area contributed by atoms with E-state index in [1.807, 2.05) is 26.0 Å². The van der Waals surface area contributed by atoms with E-state index >= 15 is 0 Å². The summed E-state index contributed by atoms with van der Waals surface area (Å²) in [6.45, 7) is 7.89. The number of methoxy groups -OCH3 is 2. The Balaban J connectivity index is 1.82. The second-order valence-corrected chi connectivity index (χ2v) is 7.47. The van der Waals surface area contributed by atoms with Gasteiger partial charge >= 0.3 is 0 Å². The fourth-order valence-corrected chi connectivity index (χ4v) is 3.42. The van der Waals surface area contributed by atoms with Gasteiger partial charge in [-0.05, 0) is 49.6 Å². The molecule has 5 heteroatoms. The summed E-state index contributed by atoms with van der Waals surface area (Å²) in [5, 5.41) is 3.08. The van der Waals surface area contributed by atoms with E-state index in [0.29, 0.717) is 6.42 Å². The van der Waals surface area contributed by atoms with Gasteiger partial charge in [0.1, 0.15) is 0 Å². The third-order valence-electron chi connectivity index (χ3n) is 5.01. The van der Waals surface area contributed by atoms with Crippen LogP contribution < -0.4 is 19.7 Å². The lowest BCUT2D eigenvalue weighted by molar-refractivity contribution is -0.878. The van der Waals surface area contributed by atoms with Crippen LogP contribution in [-0.4, -0.2) is 40.3 Å². The molecule has 5 nitrogen and oxygen atoms in total. The van der Waals surface area contributed by atoms with Crippen LogP contribution in [0, 0.1) is 20.8 Å². The molecule has 1 atom stereocenters. The molecule has 2 aromatic carbocycles. The van der Waals surface area contributed by atoms with E-state index < -0.39 is 0 Å². The molecule has 2 rings (SSSR count). The number of nitrogens with one attached hydrogen (secondary N) is 2. The summed E-state index contributed by atoms with van der Waals surface area (Å²) in [4.78, 5) is 13.7. The molecule has 0 aliphatic heterocycles. The van der Waals surface area contributed by atoms with Crippen LogP contribution in [0.3, 0.4) is 0 Å². The van der Waals surface area contributed by atoms with Crippen molar-refractivity contribution in [3.63, 3.8) is 0 Å². The number of rotatable bonds is 9. The van der Waals surface area contributed by atoms with Crippen molar-refractivity contribution in [2.75, 3.05) is 39.7 Å². The number of anilines is 1. The average Bonchev–Trinajstić information content (AvgIpc) is 2.67. The number of quaternary nitrogens is 1. The van der Waals surface area contributed by atoms with Crippen LogP contribution in [0.25, 0.3) is 0 Å². The smallest absolute Gasteiger partial charge is 0.230 e. The minimum Gasteiger partial charge on any atom is -0.493 e. The highest BCUT2D eigenvalue weighted by Crippen LogP contribution is 2.27. The molecule has 0 aliphatic rings. The lowest BCUT2D eigenvalue weighted by atomic mass is 10.0. The Morgan fingerprint density at radius 3 is 2.21 bits per heavy atom. The Morgan fingerprint density at radius 2 is 1.61 bits per heavy atom. The van der Waals surface area contributed by atoms with Crippen LogP contribution in [0.4, 0.5) is 5.69 Å². The molecule has 0 aliphatic carbocycles. The van der Waals surface area contributed by atoms with Crippen molar-refractivity contribution < 1.29 is 19.2 Å². The molecule has 0 radical (unpaired) electrons. The first-order chi connectivity index (χ1) is 13.3. The van der Waals surface area contributed by atoms with Gasteiger partial charge in [0.15, 0.2) is 11.5 Å². The van der Waals surface area contributed by atoms with Crippen molar-refractivity contribution in [2.24, 2.45) is 0 Å². The Kier molecular flexibility index (Phi) is 7.88. The maximum atomic E-state index is 12.4. The van der Waals surface area contributed by atoms with Crippen molar-refractivity contribution in [2.45, 2.75) is 33.6 Å². The van der Waals surface area contributed by atoms with Crippen LogP contribution in [0.5, 0.6) is 11.5 Å². The summed E-state index contributed by atoms with van der Waals surface area (Å²) in [6.07, 6.45) is 1.43. The van der Waals surface area contributed by atoms with Crippen LogP contribution in [0.15, 0.2) is 30.3 Å². The molecular formula is C23H33N2O3+. The number of carbonyl (C=O) groups is 1. The first-order valence-electron chi connectivity index (χ1n) is 9.74. The number of aryl methyl sites for hydroxylation is 3. The number of carbonyl (C=O) groups excluding carboxylic acids is 1. The summed E-state index contributed by atoms with van der Waals surface area (Å²) >= 11 is 0. The van der Waals surface area contributed by atoms with E-state index in [0.717, 1.165) is 47.8 Å². The second kappa shape index (κ2) is 10.1. The van der Waals surface area contributed by atoms with Crippen LogP contribution in [0.1, 0.15) is 28.7 Å². The zero-order valence-corrected chi connectivity index (χ0v) is 17.9. The zero-order chi connectivity index (χ0) is 20.7. The molecule has 0 saturated carbocycles. The maximum Gasteiger partial charge on any atom is 0.230 e. The van der Waals surface area contributed by atoms with Crippen molar-refractivity contribution >= 4 is 11.6 Å². The molecule has 2 aromatic rings. The van der Waals surface area contributed by atoms with Gasteiger partial charge in [-0.2, -0.15) is 0 Å². The highest BCUT2D eigenvalue weighted by atomic mass is 16.5. The third kappa shape index (κ3) is 5.99. The van der Waals surface area contributed by atoms with Crippen molar-refractivity contribution in [3.05, 3.63) is 52.6 Å². The van der Waals surface area contributed by atoms with Gasteiger partial charge < -0.3 is 19.7 Å². The minimum atomic E-state index is 0.0699. The fraction of sp³-hybridized carbons (Fsp3) is 0.435. The first-order valence-corrected chi connectivity index (χ1v) is 9.74. The quantitative estimate of drug-likeness (QED) is 0.698. The Morgan fingerprint density at radius 1 is 0.964 bits per heavy atom. The van der Waals surface area contributed by atoms with E-state index in [1.165, 1.54) is 16.0 Å². The number of amides is 1. The molecule has 2 N–H and O–H groups in total. The number of hydrogen-bond acceptors (Lipinski definition) is 3. The largest absolute Gasteiger partial charge is 0.493 e. The van der Waals surface area contributed by atoms with Gasteiger partial charge in [0.25, 0.3) is 0 Å². The number of benzene rings is 2. The SMILES string of the molecule is COc1ccc(CC[NH+](C)CCC(=O)Nc2c(C)cc(C)cc2C)cc1OC. The molecule has 0 saturated heterocycles. The van der Waals surface area contributed by atoms with E-state index in [-0.39, 0.29) is 5.91 Å². The number of likely N-dealkylation sites (N-methyl/N-ethyl adjacent to an activating group) is 1. The molecule has 1 unspecified atom stereocenters. The van der Waals surface area contributed by atoms with Crippen LogP contribution in [-0.2, 0) is 11.2 Å². The van der Waals surface area contributed by atoms with Gasteiger partial charge in [-0.1, -0.05) is 23.8 Å². The number of ether oxygens (including phenoxy) is 2. The lowest BCUT2D eigenvalue weighted by Crippen LogP contribution is -3.09. The standard InChI is InChI=1S/C23H32N2O3/c1-16-13-17(2)23(18(3)14-16)24-22(26)10-12-25(4)11-9-19-7-8-20(27-5)21(15-19)28-6/h7-8,13-15H,9-12H2,1-6H3,(H,24,26)/p+1. The molecular weight excluding hydrogens is 352 g/mol. The summed E-state index contributed by atoms with van der Waals surface area (Å²) in [5.74, 6) is 1.56. The topological polar surface area (TPSA) is 52.0 Å². The van der Waals surface area contributed by atoms with Gasteiger partial charge in [0, 0.05) is 12.1 Å². The van der Waals surface area contributed by atoms with Gasteiger partial charge in [-0.25, -0.2) is 0 Å². The molecule has 0 spiro atoms. The van der Waals surface area contributed by atoms with E-state index in [2.05, 4.69) is 37.5 Å². The van der Waals surface area contributed by atoms with E-state index in [4.69, 9.17) is 9.47 Å². The molecule has 28 heavy (non-hydrogen) atoms. The molecule has 0 aromatic heterocycles. The fourth-order valence-electron chi connectivity index (χ4n) is 3.42.